The van der Waals surface area contributed by atoms with E-state index in [2.05, 4.69) is 10.2 Å². The van der Waals surface area contributed by atoms with Crippen LogP contribution in [0.15, 0.2) is 58.3 Å². The van der Waals surface area contributed by atoms with Gasteiger partial charge in [0.25, 0.3) is 0 Å². The Hall–Kier alpha value is -2.31. The molecule has 0 unspecified atom stereocenters. The van der Waals surface area contributed by atoms with Gasteiger partial charge in [0, 0.05) is 52.4 Å². The second kappa shape index (κ2) is 10.3. The number of piperazine rings is 1. The van der Waals surface area contributed by atoms with Crippen LogP contribution in [0.2, 0.25) is 0 Å². The molecule has 1 N–H and O–H groups in total. The summed E-state index contributed by atoms with van der Waals surface area (Å²) >= 11 is 0. The summed E-state index contributed by atoms with van der Waals surface area (Å²) in [5, 5.41) is 2.77. The standard InChI is InChI=1S/C22H30N4O5S2/c1-24(2)32(28,29)20-9-4-18(5-10-20)6-13-22(27)23-19-7-11-21(12-8-19)33(30,31)26-16-14-25(3)15-17-26/h4-5,7-12H,6,13-17H2,1-3H3,(H,23,27). The summed E-state index contributed by atoms with van der Waals surface area (Å²) in [6.07, 6.45) is 0.658. The highest BCUT2D eigenvalue weighted by Gasteiger charge is 2.27. The van der Waals surface area contributed by atoms with Crippen molar-refractivity contribution in [3.05, 3.63) is 54.1 Å². The van der Waals surface area contributed by atoms with Crippen LogP contribution in [-0.2, 0) is 31.3 Å². The zero-order valence-corrected chi connectivity index (χ0v) is 20.7. The summed E-state index contributed by atoms with van der Waals surface area (Å²) in [5.74, 6) is -0.213. The molecule has 1 aliphatic heterocycles. The molecule has 3 rings (SSSR count). The molecule has 0 bridgehead atoms. The average molecular weight is 495 g/mol. The quantitative estimate of drug-likeness (QED) is 0.595. The highest BCUT2D eigenvalue weighted by Crippen LogP contribution is 2.20. The van der Waals surface area contributed by atoms with Gasteiger partial charge in [-0.3, -0.25) is 4.79 Å². The molecule has 0 radical (unpaired) electrons. The molecule has 180 valence electrons. The van der Waals surface area contributed by atoms with E-state index in [9.17, 15) is 21.6 Å². The Morgan fingerprint density at radius 2 is 1.42 bits per heavy atom. The number of nitrogens with one attached hydrogen (secondary N) is 1. The van der Waals surface area contributed by atoms with E-state index in [0.29, 0.717) is 38.3 Å². The minimum Gasteiger partial charge on any atom is -0.326 e. The molecule has 33 heavy (non-hydrogen) atoms. The number of anilines is 1. The number of aryl methyl sites for hydroxylation is 1. The van der Waals surface area contributed by atoms with Crippen molar-refractivity contribution in [2.24, 2.45) is 0 Å². The lowest BCUT2D eigenvalue weighted by atomic mass is 10.1. The molecule has 2 aromatic rings. The van der Waals surface area contributed by atoms with Crippen LogP contribution in [0.4, 0.5) is 5.69 Å². The van der Waals surface area contributed by atoms with E-state index < -0.39 is 20.0 Å². The zero-order valence-electron chi connectivity index (χ0n) is 19.1. The van der Waals surface area contributed by atoms with Gasteiger partial charge in [0.1, 0.15) is 0 Å². The van der Waals surface area contributed by atoms with Crippen LogP contribution < -0.4 is 5.32 Å². The molecule has 1 amide bonds. The van der Waals surface area contributed by atoms with Crippen LogP contribution in [0.3, 0.4) is 0 Å². The van der Waals surface area contributed by atoms with Crippen molar-refractivity contribution in [2.45, 2.75) is 22.6 Å². The summed E-state index contributed by atoms with van der Waals surface area (Å²) in [4.78, 5) is 14.8. The fourth-order valence-corrected chi connectivity index (χ4v) is 5.73. The van der Waals surface area contributed by atoms with E-state index >= 15 is 0 Å². The summed E-state index contributed by atoms with van der Waals surface area (Å²) in [6.45, 7) is 2.31. The van der Waals surface area contributed by atoms with E-state index in [1.807, 2.05) is 7.05 Å². The van der Waals surface area contributed by atoms with E-state index in [4.69, 9.17) is 0 Å². The fourth-order valence-electron chi connectivity index (χ4n) is 3.41. The molecule has 1 aliphatic rings. The van der Waals surface area contributed by atoms with Crippen molar-refractivity contribution in [2.75, 3.05) is 52.6 Å². The Balaban J connectivity index is 1.55. The minimum absolute atomic E-state index is 0.201. The van der Waals surface area contributed by atoms with Crippen molar-refractivity contribution >= 4 is 31.6 Å². The van der Waals surface area contributed by atoms with Gasteiger partial charge in [-0.2, -0.15) is 4.31 Å². The third kappa shape index (κ3) is 6.18. The SMILES string of the molecule is CN1CCN(S(=O)(=O)c2ccc(NC(=O)CCc3ccc(S(=O)(=O)N(C)C)cc3)cc2)CC1. The maximum Gasteiger partial charge on any atom is 0.243 e. The molecule has 9 nitrogen and oxygen atoms in total. The van der Waals surface area contributed by atoms with Crippen molar-refractivity contribution in [3.63, 3.8) is 0 Å². The lowest BCUT2D eigenvalue weighted by Gasteiger charge is -2.31. The topological polar surface area (TPSA) is 107 Å². The van der Waals surface area contributed by atoms with Crippen LogP contribution in [-0.4, -0.2) is 83.6 Å². The van der Waals surface area contributed by atoms with Gasteiger partial charge < -0.3 is 10.2 Å². The molecule has 0 saturated carbocycles. The second-order valence-electron chi connectivity index (χ2n) is 8.21. The van der Waals surface area contributed by atoms with E-state index in [0.717, 1.165) is 9.87 Å². The van der Waals surface area contributed by atoms with Crippen molar-refractivity contribution in [1.82, 2.24) is 13.5 Å². The number of likely N-dealkylation sites (N-methyl/N-ethyl adjacent to an activating group) is 1. The molecule has 0 aliphatic carbocycles. The van der Waals surface area contributed by atoms with Crippen LogP contribution in [0, 0.1) is 0 Å². The molecule has 0 spiro atoms. The van der Waals surface area contributed by atoms with Crippen molar-refractivity contribution < 1.29 is 21.6 Å². The normalized spacial score (nSPS) is 16.1. The first kappa shape index (κ1) is 25.3. The first-order valence-corrected chi connectivity index (χ1v) is 13.5. The van der Waals surface area contributed by atoms with Gasteiger partial charge >= 0.3 is 0 Å². The van der Waals surface area contributed by atoms with Crippen LogP contribution in [0.25, 0.3) is 0 Å². The largest absolute Gasteiger partial charge is 0.326 e. The molecular weight excluding hydrogens is 464 g/mol. The Morgan fingerprint density at radius 1 is 0.879 bits per heavy atom. The van der Waals surface area contributed by atoms with E-state index in [1.165, 1.54) is 42.7 Å². The molecule has 1 saturated heterocycles. The van der Waals surface area contributed by atoms with Gasteiger partial charge in [-0.25, -0.2) is 21.1 Å². The Kier molecular flexibility index (Phi) is 7.91. The van der Waals surface area contributed by atoms with Crippen LogP contribution in [0.1, 0.15) is 12.0 Å². The predicted molar refractivity (Wildman–Crippen MR) is 127 cm³/mol. The fraction of sp³-hybridized carbons (Fsp3) is 0.409. The van der Waals surface area contributed by atoms with Gasteiger partial charge in [-0.1, -0.05) is 12.1 Å². The lowest BCUT2D eigenvalue weighted by Crippen LogP contribution is -2.46. The van der Waals surface area contributed by atoms with E-state index in [-0.39, 0.29) is 22.1 Å². The van der Waals surface area contributed by atoms with Crippen molar-refractivity contribution in [3.8, 4) is 0 Å². The maximum absolute atomic E-state index is 12.8. The third-order valence-electron chi connectivity index (χ3n) is 5.58. The second-order valence-corrected chi connectivity index (χ2v) is 12.3. The molecule has 0 atom stereocenters. The van der Waals surface area contributed by atoms with Crippen LogP contribution >= 0.6 is 0 Å². The maximum atomic E-state index is 12.8. The Labute approximate surface area is 196 Å². The highest BCUT2D eigenvalue weighted by molar-refractivity contribution is 7.89. The zero-order chi connectivity index (χ0) is 24.2. The first-order valence-electron chi connectivity index (χ1n) is 10.6. The summed E-state index contributed by atoms with van der Waals surface area (Å²) in [7, 11) is -2.12. The van der Waals surface area contributed by atoms with Crippen LogP contribution in [0.5, 0.6) is 0 Å². The van der Waals surface area contributed by atoms with Gasteiger partial charge in [0.05, 0.1) is 9.79 Å². The summed E-state index contributed by atoms with van der Waals surface area (Å²) < 4.78 is 52.5. The molecular formula is C22H30N4O5S2. The van der Waals surface area contributed by atoms with Gasteiger partial charge in [0.15, 0.2) is 0 Å². The predicted octanol–water partition coefficient (Wildman–Crippen LogP) is 1.44. The number of benzene rings is 2. The number of sulfonamides is 2. The Morgan fingerprint density at radius 3 is 1.97 bits per heavy atom. The number of carbonyl (C=O) groups is 1. The monoisotopic (exact) mass is 494 g/mol. The third-order valence-corrected chi connectivity index (χ3v) is 9.32. The van der Waals surface area contributed by atoms with Gasteiger partial charge in [-0.05, 0) is 55.4 Å². The number of rotatable bonds is 8. The highest BCUT2D eigenvalue weighted by atomic mass is 32.2. The number of nitrogens with zero attached hydrogens (tertiary/aromatic N) is 3. The number of hydrogen-bond acceptors (Lipinski definition) is 6. The Bertz CT molecular complexity index is 1170. The summed E-state index contributed by atoms with van der Waals surface area (Å²) in [5.41, 5.74) is 1.36. The van der Waals surface area contributed by atoms with Gasteiger partial charge in [-0.15, -0.1) is 0 Å². The van der Waals surface area contributed by atoms with Gasteiger partial charge in [0.2, 0.25) is 26.0 Å². The molecule has 1 fully saturated rings. The summed E-state index contributed by atoms with van der Waals surface area (Å²) in [6, 6.07) is 12.6. The van der Waals surface area contributed by atoms with E-state index in [1.54, 1.807) is 24.3 Å². The molecule has 1 heterocycles. The number of hydrogen-bond donors (Lipinski definition) is 1. The molecule has 0 aromatic heterocycles. The smallest absolute Gasteiger partial charge is 0.243 e. The first-order chi connectivity index (χ1) is 15.5. The average Bonchev–Trinajstić information content (AvgIpc) is 2.78. The van der Waals surface area contributed by atoms with Crippen molar-refractivity contribution in [1.29, 1.82) is 0 Å². The number of carbonyl (C=O) groups excluding carboxylic acids is 1. The number of amides is 1. The minimum atomic E-state index is -3.55. The lowest BCUT2D eigenvalue weighted by molar-refractivity contribution is -0.116. The molecule has 11 heteroatoms. The molecule has 2 aromatic carbocycles.